The number of carbonyl (C=O) groups is 2. The molecule has 1 aromatic carbocycles. The second kappa shape index (κ2) is 2.96. The van der Waals surface area contributed by atoms with Crippen LogP contribution < -0.4 is 0 Å². The van der Waals surface area contributed by atoms with Crippen molar-refractivity contribution in [3.05, 3.63) is 35.9 Å². The summed E-state index contributed by atoms with van der Waals surface area (Å²) in [6.07, 6.45) is 0. The van der Waals surface area contributed by atoms with Crippen molar-refractivity contribution in [2.24, 2.45) is 0 Å². The van der Waals surface area contributed by atoms with E-state index in [2.05, 4.69) is 0 Å². The van der Waals surface area contributed by atoms with Gasteiger partial charge in [0.1, 0.15) is 0 Å². The number of carbonyl (C=O) groups excluding carboxylic acids is 1. The third kappa shape index (κ3) is 1.64. The largest absolute Gasteiger partial charge is 0.475 e. The molecule has 0 radical (unpaired) electrons. The van der Waals surface area contributed by atoms with Crippen LogP contribution in [0.5, 0.6) is 0 Å². The van der Waals surface area contributed by atoms with Crippen molar-refractivity contribution in [2.45, 2.75) is 0 Å². The number of carboxylic acids is 1. The molecule has 0 unspecified atom stereocenters. The zero-order valence-electron chi connectivity index (χ0n) is 5.65. The predicted octanol–water partition coefficient (Wildman–Crippen LogP) is 0.954. The topological polar surface area (TPSA) is 54.4 Å². The molecule has 0 spiro atoms. The first-order valence-electron chi connectivity index (χ1n) is 3.04. The molecular weight excluding hydrogens is 145 g/mol. The minimum absolute atomic E-state index is 0.208. The Hall–Kier alpha value is -1.64. The summed E-state index contributed by atoms with van der Waals surface area (Å²) in [5.41, 5.74) is 0.208. The molecule has 0 aliphatic rings. The normalized spacial score (nSPS) is 9.09. The lowest BCUT2D eigenvalue weighted by molar-refractivity contribution is -0.131. The minimum atomic E-state index is -1.42. The number of aliphatic carboxylic acids is 1. The van der Waals surface area contributed by atoms with Crippen LogP contribution in [0.15, 0.2) is 30.3 Å². The molecule has 3 nitrogen and oxygen atoms in total. The fraction of sp³-hybridized carbons (Fsp3) is 0. The summed E-state index contributed by atoms with van der Waals surface area (Å²) in [6.45, 7) is 0. The Labute approximate surface area is 63.3 Å². The molecule has 56 valence electrons. The molecule has 1 aromatic rings. The van der Waals surface area contributed by atoms with Crippen LogP contribution in [-0.2, 0) is 4.79 Å². The molecule has 1 rings (SSSR count). The minimum Gasteiger partial charge on any atom is -0.475 e. The molecule has 0 saturated carbocycles. The molecule has 1 N–H and O–H groups in total. The third-order valence-electron chi connectivity index (χ3n) is 1.23. The average molecular weight is 151 g/mol. The molecule has 0 fully saturated rings. The van der Waals surface area contributed by atoms with Crippen LogP contribution in [0.4, 0.5) is 0 Å². The van der Waals surface area contributed by atoms with Crippen LogP contribution in [0.2, 0.25) is 0 Å². The molecular formula is C8H6O3. The number of rotatable bonds is 2. The zero-order valence-corrected chi connectivity index (χ0v) is 5.65. The highest BCUT2D eigenvalue weighted by Crippen LogP contribution is 1.98. The molecule has 0 amide bonds. The van der Waals surface area contributed by atoms with Gasteiger partial charge in [0.05, 0.1) is 0 Å². The molecule has 0 heterocycles. The van der Waals surface area contributed by atoms with Gasteiger partial charge in [-0.15, -0.1) is 0 Å². The van der Waals surface area contributed by atoms with Crippen molar-refractivity contribution in [1.29, 1.82) is 0 Å². The number of Topliss-reactive ketones (excluding diaryl/α,β-unsaturated/α-hetero) is 1. The van der Waals surface area contributed by atoms with E-state index in [4.69, 9.17) is 5.11 Å². The maximum Gasteiger partial charge on any atom is 0.377 e. The van der Waals surface area contributed by atoms with Crippen LogP contribution in [0.3, 0.4) is 0 Å². The first-order valence-corrected chi connectivity index (χ1v) is 3.04. The lowest BCUT2D eigenvalue weighted by Gasteiger charge is -1.91. The molecule has 0 atom stereocenters. The number of carboxylic acid groups (broad SMARTS) is 1. The number of hydrogen-bond acceptors (Lipinski definition) is 2. The van der Waals surface area contributed by atoms with Crippen molar-refractivity contribution in [2.75, 3.05) is 0 Å². The summed E-state index contributed by atoms with van der Waals surface area (Å²) in [4.78, 5) is 20.9. The maximum atomic E-state index is 10.7. The van der Waals surface area contributed by atoms with Crippen molar-refractivity contribution < 1.29 is 14.7 Å². The van der Waals surface area contributed by atoms with Crippen LogP contribution in [0, 0.1) is 0 Å². The van der Waals surface area contributed by atoms with Gasteiger partial charge in [0.2, 0.25) is 0 Å². The predicted molar refractivity (Wildman–Crippen MR) is 38.4 cm³/mol. The van der Waals surface area contributed by atoms with Crippen LogP contribution in [0.1, 0.15) is 10.4 Å². The Morgan fingerprint density at radius 3 is 2.09 bits per heavy atom. The fourth-order valence-electron chi connectivity index (χ4n) is 0.713. The van der Waals surface area contributed by atoms with Gasteiger partial charge < -0.3 is 5.11 Å². The summed E-state index contributed by atoms with van der Waals surface area (Å²) in [6, 6.07) is 7.90. The fourth-order valence-corrected chi connectivity index (χ4v) is 0.713. The smallest absolute Gasteiger partial charge is 0.377 e. The third-order valence-corrected chi connectivity index (χ3v) is 1.23. The van der Waals surface area contributed by atoms with Gasteiger partial charge in [-0.3, -0.25) is 4.79 Å². The Kier molecular flexibility index (Phi) is 2.01. The molecule has 0 saturated heterocycles. The summed E-state index contributed by atoms with van der Waals surface area (Å²) in [5, 5.41) is 8.29. The average Bonchev–Trinajstić information content (AvgIpc) is 2.05. The first kappa shape index (κ1) is 7.47. The zero-order chi connectivity index (χ0) is 8.27. The van der Waals surface area contributed by atoms with E-state index < -0.39 is 11.8 Å². The van der Waals surface area contributed by atoms with E-state index in [0.29, 0.717) is 0 Å². The van der Waals surface area contributed by atoms with Crippen LogP contribution in [-0.4, -0.2) is 16.9 Å². The number of ketones is 1. The number of hydrogen-bond donors (Lipinski definition) is 1. The van der Waals surface area contributed by atoms with Gasteiger partial charge in [-0.05, 0) is 0 Å². The van der Waals surface area contributed by atoms with Gasteiger partial charge >= 0.3 is 5.97 Å². The molecule has 11 heavy (non-hydrogen) atoms. The van der Waals surface area contributed by atoms with E-state index in [1.54, 1.807) is 18.2 Å². The molecule has 0 aromatic heterocycles. The van der Waals surface area contributed by atoms with E-state index in [0.717, 1.165) is 0 Å². The van der Waals surface area contributed by atoms with E-state index in [-0.39, 0.29) is 5.56 Å². The van der Waals surface area contributed by atoms with E-state index in [9.17, 15) is 9.59 Å². The monoisotopic (exact) mass is 151 g/mol. The molecule has 0 bridgehead atoms. The highest BCUT2D eigenvalue weighted by Gasteiger charge is 2.12. The Bertz CT molecular complexity index is 277. The molecule has 3 heteroatoms. The Morgan fingerprint density at radius 1 is 1.09 bits per heavy atom. The standard InChI is InChI=1S/C8H6O3/c9-7(8(10)11)6-4-2-1-3-5-6/h1-5H,(H,10,11)/i2+1. The maximum absolute atomic E-state index is 10.7. The Morgan fingerprint density at radius 2 is 1.64 bits per heavy atom. The van der Waals surface area contributed by atoms with Crippen LogP contribution >= 0.6 is 0 Å². The van der Waals surface area contributed by atoms with Gasteiger partial charge in [0, 0.05) is 5.56 Å². The first-order chi connectivity index (χ1) is 5.22. The van der Waals surface area contributed by atoms with Gasteiger partial charge in [-0.2, -0.15) is 0 Å². The van der Waals surface area contributed by atoms with Crippen molar-refractivity contribution in [1.82, 2.24) is 0 Å². The number of benzene rings is 1. The van der Waals surface area contributed by atoms with Gasteiger partial charge in [-0.25, -0.2) is 4.79 Å². The van der Waals surface area contributed by atoms with Crippen molar-refractivity contribution >= 4 is 11.8 Å². The summed E-state index contributed by atoms with van der Waals surface area (Å²) in [5.74, 6) is -2.29. The van der Waals surface area contributed by atoms with Crippen molar-refractivity contribution in [3.8, 4) is 0 Å². The second-order valence-electron chi connectivity index (χ2n) is 2.00. The molecule has 0 aliphatic carbocycles. The SMILES string of the molecule is O=C(O)C(=O)c1ccc[13cH]c1. The summed E-state index contributed by atoms with van der Waals surface area (Å²) in [7, 11) is 0. The quantitative estimate of drug-likeness (QED) is 0.505. The van der Waals surface area contributed by atoms with Gasteiger partial charge in [0.25, 0.3) is 5.78 Å². The van der Waals surface area contributed by atoms with Crippen molar-refractivity contribution in [3.63, 3.8) is 0 Å². The van der Waals surface area contributed by atoms with Gasteiger partial charge in [0.15, 0.2) is 0 Å². The van der Waals surface area contributed by atoms with Crippen LogP contribution in [0.25, 0.3) is 0 Å². The lowest BCUT2D eigenvalue weighted by atomic mass is 10.2. The molecule has 0 aliphatic heterocycles. The summed E-state index contributed by atoms with van der Waals surface area (Å²) >= 11 is 0. The lowest BCUT2D eigenvalue weighted by Crippen LogP contribution is -2.12. The van der Waals surface area contributed by atoms with E-state index in [1.165, 1.54) is 12.1 Å². The highest BCUT2D eigenvalue weighted by atomic mass is 16.4. The summed E-state index contributed by atoms with van der Waals surface area (Å²) < 4.78 is 0. The van der Waals surface area contributed by atoms with E-state index >= 15 is 0 Å². The Balaban J connectivity index is 2.95. The van der Waals surface area contributed by atoms with E-state index in [1.807, 2.05) is 0 Å². The highest BCUT2D eigenvalue weighted by molar-refractivity contribution is 6.39. The second-order valence-corrected chi connectivity index (χ2v) is 2.00. The van der Waals surface area contributed by atoms with Gasteiger partial charge in [-0.1, -0.05) is 30.3 Å².